The molecule has 0 spiro atoms. The number of hydrogen-bond donors (Lipinski definition) is 2. The second-order valence-electron chi connectivity index (χ2n) is 4.35. The van der Waals surface area contributed by atoms with E-state index in [9.17, 15) is 9.59 Å². The molecule has 0 atom stereocenters. The first-order valence-corrected chi connectivity index (χ1v) is 6.60. The van der Waals surface area contributed by atoms with Gasteiger partial charge in [0.2, 0.25) is 5.91 Å². The van der Waals surface area contributed by atoms with Crippen LogP contribution in [0.4, 0.5) is 0 Å². The Labute approximate surface area is 124 Å². The molecule has 6 heteroatoms. The molecule has 0 bridgehead atoms. The maximum Gasteiger partial charge on any atom is 0.254 e. The highest BCUT2D eigenvalue weighted by Gasteiger charge is 2.15. The third-order valence-electron chi connectivity index (χ3n) is 2.81. The Hall–Kier alpha value is -2.39. The lowest BCUT2D eigenvalue weighted by molar-refractivity contribution is -0.120. The average Bonchev–Trinajstić information content (AvgIpc) is 2.52. The molecule has 0 radical (unpaired) electrons. The second kappa shape index (κ2) is 8.72. The van der Waals surface area contributed by atoms with Gasteiger partial charge in [0.1, 0.15) is 0 Å². The van der Waals surface area contributed by atoms with E-state index in [-0.39, 0.29) is 24.8 Å². The van der Waals surface area contributed by atoms with Crippen molar-refractivity contribution < 1.29 is 14.7 Å². The van der Waals surface area contributed by atoms with Gasteiger partial charge in [-0.25, -0.2) is 0 Å². The van der Waals surface area contributed by atoms with Gasteiger partial charge in [0.15, 0.2) is 0 Å². The van der Waals surface area contributed by atoms with Gasteiger partial charge in [-0.05, 0) is 6.07 Å². The van der Waals surface area contributed by atoms with Crippen LogP contribution in [0.1, 0.15) is 28.8 Å². The lowest BCUT2D eigenvalue weighted by Gasteiger charge is -2.17. The Bertz CT molecular complexity index is 561. The Morgan fingerprint density at radius 3 is 2.90 bits per heavy atom. The highest BCUT2D eigenvalue weighted by atomic mass is 16.2. The molecule has 0 aliphatic heterocycles. The highest BCUT2D eigenvalue weighted by molar-refractivity contribution is 5.96. The quantitative estimate of drug-likeness (QED) is 0.749. The van der Waals surface area contributed by atoms with Crippen molar-refractivity contribution in [3.63, 3.8) is 0 Å². The molecule has 1 rings (SSSR count). The number of rotatable bonds is 5. The predicted octanol–water partition coefficient (Wildman–Crippen LogP) is 0.0236. The summed E-state index contributed by atoms with van der Waals surface area (Å²) in [6.45, 7) is 0.299. The Kier molecular flexibility index (Phi) is 6.92. The van der Waals surface area contributed by atoms with E-state index >= 15 is 0 Å². The second-order valence-corrected chi connectivity index (χ2v) is 4.35. The maximum atomic E-state index is 12.3. The van der Waals surface area contributed by atoms with Crippen LogP contribution in [0.2, 0.25) is 0 Å². The molecule has 0 aliphatic rings. The SMILES string of the molecule is CNC(=O)CCN(C)C(=O)c1ccncc1C#CCCO. The number of aliphatic hydroxyl groups is 1. The first kappa shape index (κ1) is 16.7. The molecule has 0 fully saturated rings. The third-order valence-corrected chi connectivity index (χ3v) is 2.81. The van der Waals surface area contributed by atoms with E-state index in [0.717, 1.165) is 0 Å². The van der Waals surface area contributed by atoms with Gasteiger partial charge in [-0.3, -0.25) is 14.6 Å². The number of nitrogens with one attached hydrogen (secondary N) is 1. The zero-order valence-electron chi connectivity index (χ0n) is 12.2. The van der Waals surface area contributed by atoms with E-state index in [1.807, 2.05) is 0 Å². The molecule has 0 aromatic carbocycles. The molecular formula is C15H19N3O3. The third kappa shape index (κ3) is 5.24. The van der Waals surface area contributed by atoms with E-state index in [0.29, 0.717) is 24.1 Å². The van der Waals surface area contributed by atoms with Gasteiger partial charge in [-0.2, -0.15) is 0 Å². The first-order chi connectivity index (χ1) is 10.1. The van der Waals surface area contributed by atoms with Crippen molar-refractivity contribution in [2.24, 2.45) is 0 Å². The van der Waals surface area contributed by atoms with Crippen molar-refractivity contribution in [1.82, 2.24) is 15.2 Å². The van der Waals surface area contributed by atoms with Gasteiger partial charge in [0, 0.05) is 45.9 Å². The molecule has 21 heavy (non-hydrogen) atoms. The standard InChI is InChI=1S/C15H19N3O3/c1-16-14(20)7-9-18(2)15(21)13-6-8-17-11-12(13)5-3-4-10-19/h6,8,11,19H,4,7,9-10H2,1-2H3,(H,16,20). The molecular weight excluding hydrogens is 270 g/mol. The van der Waals surface area contributed by atoms with Crippen LogP contribution in [0, 0.1) is 11.8 Å². The van der Waals surface area contributed by atoms with E-state index in [1.165, 1.54) is 17.3 Å². The molecule has 6 nitrogen and oxygen atoms in total. The molecule has 0 unspecified atom stereocenters. The van der Waals surface area contributed by atoms with Crippen LogP contribution in [0.25, 0.3) is 0 Å². The van der Waals surface area contributed by atoms with E-state index in [2.05, 4.69) is 22.1 Å². The highest BCUT2D eigenvalue weighted by Crippen LogP contribution is 2.09. The van der Waals surface area contributed by atoms with Crippen LogP contribution in [-0.4, -0.2) is 54.1 Å². The van der Waals surface area contributed by atoms with Crippen molar-refractivity contribution >= 4 is 11.8 Å². The molecule has 0 aliphatic carbocycles. The summed E-state index contributed by atoms with van der Waals surface area (Å²) in [4.78, 5) is 29.0. The summed E-state index contributed by atoms with van der Waals surface area (Å²) in [5.41, 5.74) is 0.956. The number of hydrogen-bond acceptors (Lipinski definition) is 4. The van der Waals surface area contributed by atoms with Crippen molar-refractivity contribution in [2.45, 2.75) is 12.8 Å². The van der Waals surface area contributed by atoms with Crippen molar-refractivity contribution in [3.8, 4) is 11.8 Å². The molecule has 2 N–H and O–H groups in total. The van der Waals surface area contributed by atoms with Crippen molar-refractivity contribution in [2.75, 3.05) is 27.2 Å². The van der Waals surface area contributed by atoms with E-state index < -0.39 is 0 Å². The summed E-state index contributed by atoms with van der Waals surface area (Å²) in [5, 5.41) is 11.2. The topological polar surface area (TPSA) is 82.5 Å². The van der Waals surface area contributed by atoms with Gasteiger partial charge >= 0.3 is 0 Å². The van der Waals surface area contributed by atoms with Crippen LogP contribution in [0.5, 0.6) is 0 Å². The van der Waals surface area contributed by atoms with E-state index in [4.69, 9.17) is 5.11 Å². The number of pyridine rings is 1. The summed E-state index contributed by atoms with van der Waals surface area (Å²) in [7, 11) is 3.19. The lowest BCUT2D eigenvalue weighted by Crippen LogP contribution is -2.31. The summed E-state index contributed by atoms with van der Waals surface area (Å²) in [6.07, 6.45) is 3.63. The van der Waals surface area contributed by atoms with Crippen molar-refractivity contribution in [3.05, 3.63) is 29.6 Å². The largest absolute Gasteiger partial charge is 0.395 e. The van der Waals surface area contributed by atoms with Gasteiger partial charge < -0.3 is 15.3 Å². The number of aliphatic hydroxyl groups excluding tert-OH is 1. The Morgan fingerprint density at radius 2 is 2.24 bits per heavy atom. The fourth-order valence-corrected chi connectivity index (χ4v) is 1.60. The van der Waals surface area contributed by atoms with Gasteiger partial charge in [0.25, 0.3) is 5.91 Å². The monoisotopic (exact) mass is 289 g/mol. The molecule has 1 aromatic rings. The average molecular weight is 289 g/mol. The van der Waals surface area contributed by atoms with Gasteiger partial charge in [-0.15, -0.1) is 0 Å². The minimum atomic E-state index is -0.213. The maximum absolute atomic E-state index is 12.3. The minimum absolute atomic E-state index is 0.0252. The minimum Gasteiger partial charge on any atom is -0.395 e. The molecule has 1 heterocycles. The zero-order valence-corrected chi connectivity index (χ0v) is 12.2. The van der Waals surface area contributed by atoms with Gasteiger partial charge in [0.05, 0.1) is 17.7 Å². The fraction of sp³-hybridized carbons (Fsp3) is 0.400. The number of carbonyl (C=O) groups is 2. The molecule has 1 aromatic heterocycles. The first-order valence-electron chi connectivity index (χ1n) is 6.60. The number of carbonyl (C=O) groups excluding carboxylic acids is 2. The Balaban J connectivity index is 2.82. The van der Waals surface area contributed by atoms with Crippen molar-refractivity contribution in [1.29, 1.82) is 0 Å². The predicted molar refractivity (Wildman–Crippen MR) is 78.5 cm³/mol. The summed E-state index contributed by atoms with van der Waals surface area (Å²) in [6, 6.07) is 1.60. The van der Waals surface area contributed by atoms with Crippen LogP contribution < -0.4 is 5.32 Å². The molecule has 0 saturated heterocycles. The summed E-state index contributed by atoms with van der Waals surface area (Å²) >= 11 is 0. The van der Waals surface area contributed by atoms with Crippen LogP contribution >= 0.6 is 0 Å². The lowest BCUT2D eigenvalue weighted by atomic mass is 10.1. The smallest absolute Gasteiger partial charge is 0.254 e. The van der Waals surface area contributed by atoms with Crippen LogP contribution in [0.3, 0.4) is 0 Å². The fourth-order valence-electron chi connectivity index (χ4n) is 1.60. The summed E-state index contributed by atoms with van der Waals surface area (Å²) < 4.78 is 0. The summed E-state index contributed by atoms with van der Waals surface area (Å²) in [5.74, 6) is 5.27. The number of aromatic nitrogens is 1. The Morgan fingerprint density at radius 1 is 1.48 bits per heavy atom. The molecule has 112 valence electrons. The van der Waals surface area contributed by atoms with E-state index in [1.54, 1.807) is 20.2 Å². The van der Waals surface area contributed by atoms with Crippen LogP contribution in [-0.2, 0) is 4.79 Å². The molecule has 0 saturated carbocycles. The normalized spacial score (nSPS) is 9.48. The zero-order chi connectivity index (χ0) is 15.7. The van der Waals surface area contributed by atoms with Crippen LogP contribution in [0.15, 0.2) is 18.5 Å². The number of amides is 2. The molecule has 2 amide bonds. The number of nitrogens with zero attached hydrogens (tertiary/aromatic N) is 2. The van der Waals surface area contributed by atoms with Gasteiger partial charge in [-0.1, -0.05) is 11.8 Å².